The van der Waals surface area contributed by atoms with Gasteiger partial charge in [0.05, 0.1) is 5.52 Å². The Morgan fingerprint density at radius 3 is 2.73 bits per heavy atom. The molecular formula is C19H15NO2. The molecular weight excluding hydrogens is 274 g/mol. The highest BCUT2D eigenvalue weighted by Gasteiger charge is 2.29. The molecule has 0 saturated carbocycles. The van der Waals surface area contributed by atoms with Gasteiger partial charge in [-0.2, -0.15) is 0 Å². The molecule has 0 saturated heterocycles. The molecule has 0 N–H and O–H groups in total. The average molecular weight is 289 g/mol. The number of hydrogen-bond acceptors (Lipinski definition) is 2. The van der Waals surface area contributed by atoms with Gasteiger partial charge in [0.25, 0.3) is 0 Å². The van der Waals surface area contributed by atoms with Gasteiger partial charge in [0.2, 0.25) is 6.23 Å². The monoisotopic (exact) mass is 289 g/mol. The zero-order valence-corrected chi connectivity index (χ0v) is 12.2. The van der Waals surface area contributed by atoms with Crippen LogP contribution in [0, 0.1) is 0 Å². The number of rotatable bonds is 2. The second-order valence-electron chi connectivity index (χ2n) is 5.46. The molecule has 1 aliphatic heterocycles. The number of benzene rings is 2. The predicted molar refractivity (Wildman–Crippen MR) is 86.3 cm³/mol. The Balaban J connectivity index is 1.89. The summed E-state index contributed by atoms with van der Waals surface area (Å²) in [5.74, 6) is 0.633. The molecule has 2 heterocycles. The van der Waals surface area contributed by atoms with Crippen LogP contribution >= 0.6 is 0 Å². The first-order valence-corrected chi connectivity index (χ1v) is 7.28. The molecule has 1 aromatic heterocycles. The molecule has 2 aromatic carbocycles. The molecule has 4 rings (SSSR count). The van der Waals surface area contributed by atoms with Crippen LogP contribution in [0.3, 0.4) is 0 Å². The number of hydrogen-bond donors (Lipinski definition) is 0. The average Bonchev–Trinajstić information content (AvgIpc) is 3.09. The van der Waals surface area contributed by atoms with E-state index in [4.69, 9.17) is 4.74 Å². The van der Waals surface area contributed by atoms with Gasteiger partial charge in [-0.05, 0) is 24.4 Å². The smallest absolute Gasteiger partial charge is 0.203 e. The number of fused-ring (bicyclic) bond motifs is 2. The molecule has 1 unspecified atom stereocenters. The Morgan fingerprint density at radius 1 is 1.09 bits per heavy atom. The van der Waals surface area contributed by atoms with Gasteiger partial charge in [-0.3, -0.25) is 4.79 Å². The summed E-state index contributed by atoms with van der Waals surface area (Å²) in [5, 5.41) is 1.17. The normalized spacial score (nSPS) is 18.4. The molecule has 0 radical (unpaired) electrons. The van der Waals surface area contributed by atoms with Crippen LogP contribution < -0.4 is 0 Å². The lowest BCUT2D eigenvalue weighted by molar-refractivity contribution is -0.112. The van der Waals surface area contributed by atoms with E-state index in [1.165, 1.54) is 12.3 Å². The molecule has 3 aromatic rings. The highest BCUT2D eigenvalue weighted by molar-refractivity contribution is 5.94. The van der Waals surface area contributed by atoms with Gasteiger partial charge in [-0.25, -0.2) is 0 Å². The van der Waals surface area contributed by atoms with E-state index in [-0.39, 0.29) is 12.0 Å². The van der Waals surface area contributed by atoms with Crippen LogP contribution in [-0.2, 0) is 9.53 Å². The van der Waals surface area contributed by atoms with Crippen LogP contribution in [0.5, 0.6) is 0 Å². The molecule has 0 spiro atoms. The molecule has 22 heavy (non-hydrogen) atoms. The van der Waals surface area contributed by atoms with Crippen molar-refractivity contribution < 1.29 is 9.53 Å². The highest BCUT2D eigenvalue weighted by Crippen LogP contribution is 2.40. The van der Waals surface area contributed by atoms with Crippen molar-refractivity contribution in [1.82, 2.24) is 4.57 Å². The number of aromatic nitrogens is 1. The van der Waals surface area contributed by atoms with E-state index in [2.05, 4.69) is 28.8 Å². The fourth-order valence-electron chi connectivity index (χ4n) is 3.00. The molecule has 1 aliphatic rings. The number of ketones is 1. The molecule has 108 valence electrons. The van der Waals surface area contributed by atoms with Crippen molar-refractivity contribution >= 4 is 22.4 Å². The van der Waals surface area contributed by atoms with Crippen molar-refractivity contribution in [3.05, 3.63) is 78.0 Å². The third-order valence-electron chi connectivity index (χ3n) is 3.95. The number of nitrogens with zero attached hydrogens (tertiary/aromatic N) is 1. The summed E-state index contributed by atoms with van der Waals surface area (Å²) >= 11 is 0. The van der Waals surface area contributed by atoms with Gasteiger partial charge >= 0.3 is 0 Å². The lowest BCUT2D eigenvalue weighted by Crippen LogP contribution is -2.07. The lowest BCUT2D eigenvalue weighted by Gasteiger charge is -2.15. The minimum absolute atomic E-state index is 0.0113. The van der Waals surface area contributed by atoms with Gasteiger partial charge in [-0.1, -0.05) is 42.5 Å². The first-order valence-electron chi connectivity index (χ1n) is 7.28. The van der Waals surface area contributed by atoms with Crippen molar-refractivity contribution in [1.29, 1.82) is 0 Å². The van der Waals surface area contributed by atoms with E-state index in [9.17, 15) is 4.79 Å². The minimum atomic E-state index is -0.235. The third kappa shape index (κ3) is 1.94. The molecule has 0 bridgehead atoms. The Bertz CT molecular complexity index is 904. The Labute approximate surface area is 128 Å². The van der Waals surface area contributed by atoms with Crippen molar-refractivity contribution in [2.24, 2.45) is 0 Å². The van der Waals surface area contributed by atoms with Gasteiger partial charge in [0.1, 0.15) is 5.76 Å². The van der Waals surface area contributed by atoms with Crippen LogP contribution in [0.1, 0.15) is 24.3 Å². The topological polar surface area (TPSA) is 31.2 Å². The maximum absolute atomic E-state index is 11.5. The zero-order valence-electron chi connectivity index (χ0n) is 12.2. The summed E-state index contributed by atoms with van der Waals surface area (Å²) in [7, 11) is 0. The van der Waals surface area contributed by atoms with E-state index in [1.54, 1.807) is 6.08 Å². The summed E-state index contributed by atoms with van der Waals surface area (Å²) in [4.78, 5) is 11.5. The SMILES string of the molecule is CC(=O)/C=C1\OC(n2ccc3ccccc32)c2ccccc21. The zero-order chi connectivity index (χ0) is 15.1. The van der Waals surface area contributed by atoms with Crippen LogP contribution in [0.15, 0.2) is 66.9 Å². The van der Waals surface area contributed by atoms with E-state index in [0.29, 0.717) is 5.76 Å². The van der Waals surface area contributed by atoms with Gasteiger partial charge in [0, 0.05) is 23.4 Å². The summed E-state index contributed by atoms with van der Waals surface area (Å²) in [6.07, 6.45) is 3.36. The first kappa shape index (κ1) is 12.9. The van der Waals surface area contributed by atoms with Crippen LogP contribution in [0.2, 0.25) is 0 Å². The summed E-state index contributed by atoms with van der Waals surface area (Å²) in [5.41, 5.74) is 3.18. The van der Waals surface area contributed by atoms with Crippen molar-refractivity contribution in [3.63, 3.8) is 0 Å². The fraction of sp³-hybridized carbons (Fsp3) is 0.105. The highest BCUT2D eigenvalue weighted by atomic mass is 16.5. The fourth-order valence-corrected chi connectivity index (χ4v) is 3.00. The second-order valence-corrected chi connectivity index (χ2v) is 5.46. The largest absolute Gasteiger partial charge is 0.465 e. The van der Waals surface area contributed by atoms with Crippen LogP contribution in [0.25, 0.3) is 16.7 Å². The maximum atomic E-state index is 11.5. The number of carbonyl (C=O) groups excluding carboxylic acids is 1. The van der Waals surface area contributed by atoms with Gasteiger partial charge in [0.15, 0.2) is 5.78 Å². The Morgan fingerprint density at radius 2 is 1.86 bits per heavy atom. The Kier molecular flexibility index (Phi) is 2.86. The summed E-state index contributed by atoms with van der Waals surface area (Å²) in [6, 6.07) is 18.3. The second kappa shape index (κ2) is 4.88. The molecule has 0 aliphatic carbocycles. The standard InChI is InChI=1S/C19H15NO2/c1-13(21)12-18-15-7-3-4-8-16(15)19(22-18)20-11-10-14-6-2-5-9-17(14)20/h2-12,19H,1H3/b18-12-. The predicted octanol–water partition coefficient (Wildman–Crippen LogP) is 4.15. The van der Waals surface area contributed by atoms with Crippen LogP contribution in [-0.4, -0.2) is 10.4 Å². The number of carbonyl (C=O) groups is 1. The molecule has 0 fully saturated rings. The lowest BCUT2D eigenvalue weighted by atomic mass is 10.1. The Hall–Kier alpha value is -2.81. The molecule has 1 atom stereocenters. The number of allylic oxidation sites excluding steroid dienone is 1. The van der Waals surface area contributed by atoms with Crippen molar-refractivity contribution in [3.8, 4) is 0 Å². The van der Waals surface area contributed by atoms with E-state index in [0.717, 1.165) is 16.6 Å². The molecule has 3 nitrogen and oxygen atoms in total. The van der Waals surface area contributed by atoms with E-state index in [1.807, 2.05) is 36.5 Å². The summed E-state index contributed by atoms with van der Waals surface area (Å²) in [6.45, 7) is 1.54. The minimum Gasteiger partial charge on any atom is -0.465 e. The van der Waals surface area contributed by atoms with E-state index >= 15 is 0 Å². The van der Waals surface area contributed by atoms with Crippen molar-refractivity contribution in [2.75, 3.05) is 0 Å². The number of para-hydroxylation sites is 1. The van der Waals surface area contributed by atoms with Crippen LogP contribution in [0.4, 0.5) is 0 Å². The third-order valence-corrected chi connectivity index (χ3v) is 3.95. The van der Waals surface area contributed by atoms with E-state index < -0.39 is 0 Å². The molecule has 0 amide bonds. The number of ether oxygens (including phenoxy) is 1. The molecule has 3 heteroatoms. The summed E-state index contributed by atoms with van der Waals surface area (Å²) < 4.78 is 8.20. The first-order chi connectivity index (χ1) is 10.7. The van der Waals surface area contributed by atoms with Gasteiger partial charge < -0.3 is 9.30 Å². The maximum Gasteiger partial charge on any atom is 0.203 e. The van der Waals surface area contributed by atoms with Crippen molar-refractivity contribution in [2.45, 2.75) is 13.2 Å². The quantitative estimate of drug-likeness (QED) is 0.664. The van der Waals surface area contributed by atoms with Gasteiger partial charge in [-0.15, -0.1) is 0 Å².